The van der Waals surface area contributed by atoms with Gasteiger partial charge in [0.25, 0.3) is 0 Å². The molecule has 0 amide bonds. The van der Waals surface area contributed by atoms with Crippen LogP contribution in [0, 0.1) is 0 Å². The average Bonchev–Trinajstić information content (AvgIpc) is 2.29. The lowest BCUT2D eigenvalue weighted by atomic mass is 10.1. The summed E-state index contributed by atoms with van der Waals surface area (Å²) in [5.41, 5.74) is 6.90. The summed E-state index contributed by atoms with van der Waals surface area (Å²) < 4.78 is 0. The summed E-state index contributed by atoms with van der Waals surface area (Å²) in [5.74, 6) is -1.02. The van der Waals surface area contributed by atoms with Gasteiger partial charge < -0.3 is 10.8 Å². The topological polar surface area (TPSA) is 76.2 Å². The number of pyridine rings is 1. The van der Waals surface area contributed by atoms with Gasteiger partial charge in [0.1, 0.15) is 6.04 Å². The number of benzene rings is 1. The van der Waals surface area contributed by atoms with Crippen LogP contribution in [0.3, 0.4) is 0 Å². The number of hydrogen-bond donors (Lipinski definition) is 2. The van der Waals surface area contributed by atoms with E-state index in [1.54, 1.807) is 18.2 Å². The quantitative estimate of drug-likeness (QED) is 0.872. The molecule has 0 fully saturated rings. The monoisotopic (exact) mass is 250 g/mol. The van der Waals surface area contributed by atoms with Crippen molar-refractivity contribution in [3.8, 4) is 0 Å². The Morgan fingerprint density at radius 1 is 1.41 bits per heavy atom. The third-order valence-corrected chi connectivity index (χ3v) is 2.69. The summed E-state index contributed by atoms with van der Waals surface area (Å²) in [6.45, 7) is 0. The van der Waals surface area contributed by atoms with Crippen LogP contribution in [0.5, 0.6) is 0 Å². The predicted octanol–water partition coefficient (Wildman–Crippen LogP) is 1.84. The number of hydrogen-bond acceptors (Lipinski definition) is 3. The number of carbonyl (C=O) groups is 1. The van der Waals surface area contributed by atoms with E-state index in [0.717, 1.165) is 10.9 Å². The SMILES string of the molecule is NC(Cc1ccc2cc(Cl)ccc2n1)C(=O)O. The highest BCUT2D eigenvalue weighted by Gasteiger charge is 2.13. The maximum atomic E-state index is 10.6. The van der Waals surface area contributed by atoms with Crippen molar-refractivity contribution < 1.29 is 9.90 Å². The number of nitrogens with two attached hydrogens (primary N) is 1. The van der Waals surface area contributed by atoms with Crippen molar-refractivity contribution in [2.24, 2.45) is 5.73 Å². The van der Waals surface area contributed by atoms with Gasteiger partial charge in [0.05, 0.1) is 5.52 Å². The Hall–Kier alpha value is -1.65. The van der Waals surface area contributed by atoms with Crippen molar-refractivity contribution in [2.75, 3.05) is 0 Å². The van der Waals surface area contributed by atoms with Crippen molar-refractivity contribution in [3.05, 3.63) is 41.0 Å². The summed E-state index contributed by atoms with van der Waals surface area (Å²) in [7, 11) is 0. The Morgan fingerprint density at radius 2 is 2.18 bits per heavy atom. The van der Waals surface area contributed by atoms with Crippen LogP contribution in [0.25, 0.3) is 10.9 Å². The molecule has 1 aromatic carbocycles. The van der Waals surface area contributed by atoms with E-state index in [2.05, 4.69) is 4.98 Å². The first-order valence-corrected chi connectivity index (χ1v) is 5.47. The molecule has 0 bridgehead atoms. The second kappa shape index (κ2) is 4.69. The number of aromatic nitrogens is 1. The van der Waals surface area contributed by atoms with Crippen molar-refractivity contribution >= 4 is 28.5 Å². The van der Waals surface area contributed by atoms with Crippen molar-refractivity contribution in [2.45, 2.75) is 12.5 Å². The lowest BCUT2D eigenvalue weighted by Gasteiger charge is -2.06. The summed E-state index contributed by atoms with van der Waals surface area (Å²) in [4.78, 5) is 15.0. The zero-order valence-corrected chi connectivity index (χ0v) is 9.69. The van der Waals surface area contributed by atoms with Gasteiger partial charge in [0.2, 0.25) is 0 Å². The average molecular weight is 251 g/mol. The van der Waals surface area contributed by atoms with Crippen LogP contribution in [0.2, 0.25) is 5.02 Å². The first-order valence-electron chi connectivity index (χ1n) is 5.10. The molecule has 0 aliphatic carbocycles. The van der Waals surface area contributed by atoms with Crippen LogP contribution >= 0.6 is 11.6 Å². The fraction of sp³-hybridized carbons (Fsp3) is 0.167. The van der Waals surface area contributed by atoms with Crippen molar-refractivity contribution in [3.63, 3.8) is 0 Å². The summed E-state index contributed by atoms with van der Waals surface area (Å²) in [5, 5.41) is 10.3. The minimum Gasteiger partial charge on any atom is -0.480 e. The van der Waals surface area contributed by atoms with Gasteiger partial charge in [0.15, 0.2) is 0 Å². The molecule has 0 aliphatic rings. The largest absolute Gasteiger partial charge is 0.480 e. The Morgan fingerprint density at radius 3 is 2.88 bits per heavy atom. The molecule has 1 heterocycles. The molecule has 5 heteroatoms. The first-order chi connectivity index (χ1) is 8.06. The summed E-state index contributed by atoms with van der Waals surface area (Å²) >= 11 is 5.86. The third kappa shape index (κ3) is 2.72. The molecule has 0 saturated heterocycles. The van der Waals surface area contributed by atoms with Crippen LogP contribution in [0.1, 0.15) is 5.69 Å². The molecule has 1 aromatic heterocycles. The predicted molar refractivity (Wildman–Crippen MR) is 66.1 cm³/mol. The van der Waals surface area contributed by atoms with E-state index < -0.39 is 12.0 Å². The fourth-order valence-electron chi connectivity index (χ4n) is 1.56. The molecular weight excluding hydrogens is 240 g/mol. The second-order valence-corrected chi connectivity index (χ2v) is 4.22. The molecule has 3 N–H and O–H groups in total. The number of nitrogens with zero attached hydrogens (tertiary/aromatic N) is 1. The number of fused-ring (bicyclic) bond motifs is 1. The highest BCUT2D eigenvalue weighted by Crippen LogP contribution is 2.18. The van der Waals surface area contributed by atoms with Gasteiger partial charge >= 0.3 is 5.97 Å². The van der Waals surface area contributed by atoms with Crippen LogP contribution < -0.4 is 5.73 Å². The van der Waals surface area contributed by atoms with E-state index in [-0.39, 0.29) is 6.42 Å². The highest BCUT2D eigenvalue weighted by atomic mass is 35.5. The van der Waals surface area contributed by atoms with E-state index in [1.165, 1.54) is 0 Å². The Bertz CT molecular complexity index is 571. The zero-order valence-electron chi connectivity index (χ0n) is 8.93. The van der Waals surface area contributed by atoms with Gasteiger partial charge in [0, 0.05) is 22.5 Å². The van der Waals surface area contributed by atoms with Gasteiger partial charge in [-0.05, 0) is 24.3 Å². The smallest absolute Gasteiger partial charge is 0.320 e. The lowest BCUT2D eigenvalue weighted by Crippen LogP contribution is -2.32. The minimum atomic E-state index is -1.02. The maximum Gasteiger partial charge on any atom is 0.320 e. The molecule has 0 radical (unpaired) electrons. The molecule has 17 heavy (non-hydrogen) atoms. The van der Waals surface area contributed by atoms with E-state index in [1.807, 2.05) is 12.1 Å². The number of aliphatic carboxylic acids is 1. The number of carboxylic acids is 1. The minimum absolute atomic E-state index is 0.216. The van der Waals surface area contributed by atoms with E-state index >= 15 is 0 Å². The van der Waals surface area contributed by atoms with Gasteiger partial charge in [-0.25, -0.2) is 0 Å². The summed E-state index contributed by atoms with van der Waals surface area (Å²) in [6, 6.07) is 8.06. The molecule has 0 spiro atoms. The molecular formula is C12H11ClN2O2. The first kappa shape index (κ1) is 11.8. The van der Waals surface area contributed by atoms with E-state index in [4.69, 9.17) is 22.4 Å². The number of carboxylic acid groups (broad SMARTS) is 1. The molecule has 1 atom stereocenters. The van der Waals surface area contributed by atoms with Crippen molar-refractivity contribution in [1.82, 2.24) is 4.98 Å². The van der Waals surface area contributed by atoms with Crippen LogP contribution in [-0.4, -0.2) is 22.1 Å². The van der Waals surface area contributed by atoms with Gasteiger partial charge in [-0.2, -0.15) is 0 Å². The van der Waals surface area contributed by atoms with E-state index in [9.17, 15) is 4.79 Å². The summed E-state index contributed by atoms with van der Waals surface area (Å²) in [6.07, 6.45) is 0.216. The van der Waals surface area contributed by atoms with Crippen LogP contribution in [-0.2, 0) is 11.2 Å². The second-order valence-electron chi connectivity index (χ2n) is 3.79. The van der Waals surface area contributed by atoms with Gasteiger partial charge in [-0.3, -0.25) is 9.78 Å². The Balaban J connectivity index is 2.32. The molecule has 88 valence electrons. The molecule has 1 unspecified atom stereocenters. The highest BCUT2D eigenvalue weighted by molar-refractivity contribution is 6.31. The number of halogens is 1. The van der Waals surface area contributed by atoms with Crippen molar-refractivity contribution in [1.29, 1.82) is 0 Å². The third-order valence-electron chi connectivity index (χ3n) is 2.46. The Kier molecular flexibility index (Phi) is 3.26. The molecule has 2 aromatic rings. The molecule has 2 rings (SSSR count). The fourth-order valence-corrected chi connectivity index (χ4v) is 1.75. The standard InChI is InChI=1S/C12H11ClN2O2/c13-8-2-4-11-7(5-8)1-3-9(15-11)6-10(14)12(16)17/h1-5,10H,6,14H2,(H,16,17). The van der Waals surface area contributed by atoms with Gasteiger partial charge in [-0.1, -0.05) is 17.7 Å². The van der Waals surface area contributed by atoms with Gasteiger partial charge in [-0.15, -0.1) is 0 Å². The Labute approximate surface area is 103 Å². The molecule has 0 saturated carbocycles. The van der Waals surface area contributed by atoms with E-state index in [0.29, 0.717) is 10.7 Å². The normalized spacial score (nSPS) is 12.6. The van der Waals surface area contributed by atoms with Crippen LogP contribution in [0.4, 0.5) is 0 Å². The zero-order chi connectivity index (χ0) is 12.4. The maximum absolute atomic E-state index is 10.6. The molecule has 0 aliphatic heterocycles. The lowest BCUT2D eigenvalue weighted by molar-refractivity contribution is -0.138. The number of rotatable bonds is 3. The van der Waals surface area contributed by atoms with Crippen LogP contribution in [0.15, 0.2) is 30.3 Å². The molecule has 4 nitrogen and oxygen atoms in total.